The maximum absolute atomic E-state index is 12.4. The topological polar surface area (TPSA) is 61.4 Å². The van der Waals surface area contributed by atoms with Gasteiger partial charge in [0.2, 0.25) is 11.8 Å². The number of nitrogens with zero attached hydrogens (tertiary/aromatic N) is 1. The van der Waals surface area contributed by atoms with Crippen LogP contribution in [0.2, 0.25) is 0 Å². The third-order valence-electron chi connectivity index (χ3n) is 5.24. The average molecular weight is 309 g/mol. The molecule has 0 radical (unpaired) electrons. The van der Waals surface area contributed by atoms with Crippen LogP contribution in [-0.2, 0) is 9.59 Å². The van der Waals surface area contributed by atoms with Crippen LogP contribution in [-0.4, -0.2) is 48.4 Å². The van der Waals surface area contributed by atoms with Gasteiger partial charge in [0.1, 0.15) is 0 Å². The van der Waals surface area contributed by atoms with Gasteiger partial charge in [-0.3, -0.25) is 9.59 Å². The molecule has 4 atom stereocenters. The van der Waals surface area contributed by atoms with Gasteiger partial charge in [-0.05, 0) is 38.0 Å². The maximum Gasteiger partial charge on any atom is 0.239 e. The van der Waals surface area contributed by atoms with Crippen molar-refractivity contribution in [1.82, 2.24) is 15.5 Å². The van der Waals surface area contributed by atoms with Crippen LogP contribution >= 0.6 is 0 Å². The first-order chi connectivity index (χ1) is 10.4. The average Bonchev–Trinajstić information content (AvgIpc) is 3.26. The van der Waals surface area contributed by atoms with E-state index in [1.165, 1.54) is 17.7 Å². The Balaban J connectivity index is 1.78. The van der Waals surface area contributed by atoms with Gasteiger partial charge in [0.15, 0.2) is 0 Å². The normalized spacial score (nSPS) is 29.7. The summed E-state index contributed by atoms with van der Waals surface area (Å²) in [5, 5.41) is 6.40. The molecule has 0 aromatic carbocycles. The number of nitrogens with one attached hydrogen (secondary N) is 2. The molecule has 2 fully saturated rings. The van der Waals surface area contributed by atoms with Crippen LogP contribution in [0.1, 0.15) is 52.9 Å². The summed E-state index contributed by atoms with van der Waals surface area (Å²) in [6.45, 7) is 6.62. The molecular weight excluding hydrogens is 278 g/mol. The molecule has 0 bridgehead atoms. The molecule has 2 rings (SSSR count). The number of amides is 2. The highest BCUT2D eigenvalue weighted by Gasteiger charge is 2.30. The van der Waals surface area contributed by atoms with E-state index in [9.17, 15) is 9.59 Å². The number of hydrogen-bond donors (Lipinski definition) is 2. The van der Waals surface area contributed by atoms with E-state index in [0.717, 1.165) is 19.3 Å². The summed E-state index contributed by atoms with van der Waals surface area (Å²) in [6.07, 6.45) is 5.78. The maximum atomic E-state index is 12.4. The number of hydrogen-bond acceptors (Lipinski definition) is 3. The summed E-state index contributed by atoms with van der Waals surface area (Å²) in [7, 11) is 1.71. The molecule has 2 aliphatic carbocycles. The van der Waals surface area contributed by atoms with Gasteiger partial charge in [-0.15, -0.1) is 0 Å². The molecule has 2 N–H and O–H groups in total. The lowest BCUT2D eigenvalue weighted by molar-refractivity contribution is -0.136. The Kier molecular flexibility index (Phi) is 5.84. The van der Waals surface area contributed by atoms with Crippen molar-refractivity contribution in [3.8, 4) is 0 Å². The second-order valence-electron chi connectivity index (χ2n) is 7.30. The van der Waals surface area contributed by atoms with Gasteiger partial charge in [-0.2, -0.15) is 0 Å². The molecule has 22 heavy (non-hydrogen) atoms. The van der Waals surface area contributed by atoms with Crippen molar-refractivity contribution >= 4 is 11.8 Å². The van der Waals surface area contributed by atoms with Crippen molar-refractivity contribution in [3.05, 3.63) is 0 Å². The summed E-state index contributed by atoms with van der Waals surface area (Å²) in [5.74, 6) is 1.24. The zero-order valence-corrected chi connectivity index (χ0v) is 14.4. The van der Waals surface area contributed by atoms with Gasteiger partial charge in [0.25, 0.3) is 0 Å². The molecule has 126 valence electrons. The first kappa shape index (κ1) is 17.3. The molecule has 2 amide bonds. The summed E-state index contributed by atoms with van der Waals surface area (Å²) in [4.78, 5) is 25.7. The third-order valence-corrected chi connectivity index (χ3v) is 5.24. The minimum atomic E-state index is -0.239. The van der Waals surface area contributed by atoms with E-state index in [1.807, 2.05) is 6.92 Å². The summed E-state index contributed by atoms with van der Waals surface area (Å²) in [6, 6.07) is 0.504. The minimum Gasteiger partial charge on any atom is -0.352 e. The van der Waals surface area contributed by atoms with E-state index in [2.05, 4.69) is 24.5 Å². The lowest BCUT2D eigenvalue weighted by Crippen LogP contribution is -2.52. The number of carbonyl (C=O) groups is 2. The van der Waals surface area contributed by atoms with Crippen LogP contribution in [0.3, 0.4) is 0 Å². The monoisotopic (exact) mass is 309 g/mol. The Morgan fingerprint density at radius 3 is 2.50 bits per heavy atom. The van der Waals surface area contributed by atoms with Gasteiger partial charge in [-0.25, -0.2) is 0 Å². The second kappa shape index (κ2) is 7.44. The Hall–Kier alpha value is -1.10. The summed E-state index contributed by atoms with van der Waals surface area (Å²) < 4.78 is 0. The predicted molar refractivity (Wildman–Crippen MR) is 87.4 cm³/mol. The number of likely N-dealkylation sites (N-methyl/N-ethyl adjacent to an activating group) is 1. The standard InChI is InChI=1S/C17H31N3O2/c1-11-6-5-7-15(12(11)2)18-13(3)17(22)20(4)10-16(21)19-14-8-9-14/h11-15,18H,5-10H2,1-4H3,(H,19,21). The molecule has 4 unspecified atom stereocenters. The summed E-state index contributed by atoms with van der Waals surface area (Å²) in [5.41, 5.74) is 0. The predicted octanol–water partition coefficient (Wildman–Crippen LogP) is 1.53. The lowest BCUT2D eigenvalue weighted by Gasteiger charge is -2.36. The van der Waals surface area contributed by atoms with E-state index in [4.69, 9.17) is 0 Å². The molecule has 2 saturated carbocycles. The first-order valence-corrected chi connectivity index (χ1v) is 8.69. The van der Waals surface area contributed by atoms with Gasteiger partial charge in [0.05, 0.1) is 12.6 Å². The smallest absolute Gasteiger partial charge is 0.239 e. The molecule has 2 aliphatic rings. The largest absolute Gasteiger partial charge is 0.352 e. The van der Waals surface area contributed by atoms with E-state index in [-0.39, 0.29) is 24.4 Å². The van der Waals surface area contributed by atoms with E-state index in [1.54, 1.807) is 7.05 Å². The molecule has 0 saturated heterocycles. The fourth-order valence-electron chi connectivity index (χ4n) is 3.33. The molecule has 0 aromatic heterocycles. The van der Waals surface area contributed by atoms with Crippen molar-refractivity contribution in [3.63, 3.8) is 0 Å². The molecule has 5 nitrogen and oxygen atoms in total. The molecule has 0 heterocycles. The molecule has 5 heteroatoms. The van der Waals surface area contributed by atoms with Crippen LogP contribution in [0.5, 0.6) is 0 Å². The van der Waals surface area contributed by atoms with Crippen molar-refractivity contribution in [2.24, 2.45) is 11.8 Å². The van der Waals surface area contributed by atoms with Crippen LogP contribution in [0, 0.1) is 11.8 Å². The van der Waals surface area contributed by atoms with Crippen molar-refractivity contribution in [2.75, 3.05) is 13.6 Å². The first-order valence-electron chi connectivity index (χ1n) is 8.69. The third kappa shape index (κ3) is 4.70. The highest BCUT2D eigenvalue weighted by atomic mass is 16.2. The Bertz CT molecular complexity index is 409. The lowest BCUT2D eigenvalue weighted by atomic mass is 9.78. The van der Waals surface area contributed by atoms with E-state index >= 15 is 0 Å². The molecule has 0 aliphatic heterocycles. The van der Waals surface area contributed by atoms with E-state index in [0.29, 0.717) is 23.9 Å². The van der Waals surface area contributed by atoms with Gasteiger partial charge >= 0.3 is 0 Å². The van der Waals surface area contributed by atoms with Crippen LogP contribution in [0.25, 0.3) is 0 Å². The zero-order valence-electron chi connectivity index (χ0n) is 14.4. The van der Waals surface area contributed by atoms with Crippen LogP contribution < -0.4 is 10.6 Å². The fourth-order valence-corrected chi connectivity index (χ4v) is 3.33. The minimum absolute atomic E-state index is 0.00336. The second-order valence-corrected chi connectivity index (χ2v) is 7.30. The van der Waals surface area contributed by atoms with E-state index < -0.39 is 0 Å². The quantitative estimate of drug-likeness (QED) is 0.782. The fraction of sp³-hybridized carbons (Fsp3) is 0.882. The number of rotatable bonds is 6. The molecular formula is C17H31N3O2. The van der Waals surface area contributed by atoms with Gasteiger partial charge < -0.3 is 15.5 Å². The molecule has 0 aromatic rings. The van der Waals surface area contributed by atoms with Crippen molar-refractivity contribution < 1.29 is 9.59 Å². The Morgan fingerprint density at radius 1 is 1.18 bits per heavy atom. The SMILES string of the molecule is CC(NC1CCCC(C)C1C)C(=O)N(C)CC(=O)NC1CC1. The van der Waals surface area contributed by atoms with Gasteiger partial charge in [-0.1, -0.05) is 26.7 Å². The van der Waals surface area contributed by atoms with Crippen LogP contribution in [0.4, 0.5) is 0 Å². The Labute approximate surface area is 134 Å². The Morgan fingerprint density at radius 2 is 1.86 bits per heavy atom. The highest BCUT2D eigenvalue weighted by Crippen LogP contribution is 2.29. The van der Waals surface area contributed by atoms with Crippen LogP contribution in [0.15, 0.2) is 0 Å². The molecule has 0 spiro atoms. The van der Waals surface area contributed by atoms with Gasteiger partial charge in [0, 0.05) is 19.1 Å². The van der Waals surface area contributed by atoms with Crippen molar-refractivity contribution in [2.45, 2.75) is 71.0 Å². The number of carbonyl (C=O) groups excluding carboxylic acids is 2. The highest BCUT2D eigenvalue weighted by molar-refractivity contribution is 5.87. The van der Waals surface area contributed by atoms with Crippen molar-refractivity contribution in [1.29, 1.82) is 0 Å². The zero-order chi connectivity index (χ0) is 16.3. The summed E-state index contributed by atoms with van der Waals surface area (Å²) >= 11 is 0.